The number of esters is 1. The zero-order valence-corrected chi connectivity index (χ0v) is 11.1. The van der Waals surface area contributed by atoms with Crippen LogP contribution in [-0.4, -0.2) is 37.0 Å². The van der Waals surface area contributed by atoms with Gasteiger partial charge in [0.1, 0.15) is 0 Å². The minimum atomic E-state index is -0.295. The summed E-state index contributed by atoms with van der Waals surface area (Å²) in [5.74, 6) is -0.164. The van der Waals surface area contributed by atoms with Crippen LogP contribution in [0.2, 0.25) is 0 Å². The third-order valence-electron chi connectivity index (χ3n) is 2.81. The van der Waals surface area contributed by atoms with Crippen LogP contribution in [0, 0.1) is 5.92 Å². The van der Waals surface area contributed by atoms with Gasteiger partial charge in [-0.2, -0.15) is 0 Å². The molecule has 0 atom stereocenters. The first-order valence-corrected chi connectivity index (χ1v) is 6.07. The fourth-order valence-electron chi connectivity index (χ4n) is 1.67. The van der Waals surface area contributed by atoms with Crippen LogP contribution in [-0.2, 0) is 14.3 Å². The van der Waals surface area contributed by atoms with Gasteiger partial charge in [0.05, 0.1) is 13.5 Å². The van der Waals surface area contributed by atoms with Gasteiger partial charge in [-0.05, 0) is 12.8 Å². The highest BCUT2D eigenvalue weighted by molar-refractivity contribution is 5.79. The van der Waals surface area contributed by atoms with Crippen LogP contribution >= 0.6 is 0 Å². The Bertz CT molecular complexity index is 259. The minimum absolute atomic E-state index is 0.0348. The fourth-order valence-corrected chi connectivity index (χ4v) is 1.67. The molecular formula is C13H23NO3. The molecule has 98 valence electrons. The smallest absolute Gasteiger partial charge is 0.307 e. The van der Waals surface area contributed by atoms with Crippen LogP contribution in [0.5, 0.6) is 0 Å². The van der Waals surface area contributed by atoms with Gasteiger partial charge in [0.2, 0.25) is 5.91 Å². The summed E-state index contributed by atoms with van der Waals surface area (Å²) in [4.78, 5) is 24.9. The molecule has 4 heteroatoms. The Labute approximate surface area is 104 Å². The van der Waals surface area contributed by atoms with E-state index in [0.29, 0.717) is 13.1 Å². The van der Waals surface area contributed by atoms with E-state index in [-0.39, 0.29) is 24.2 Å². The van der Waals surface area contributed by atoms with Gasteiger partial charge in [0.15, 0.2) is 0 Å². The van der Waals surface area contributed by atoms with E-state index in [2.05, 4.69) is 11.3 Å². The molecule has 0 radical (unpaired) electrons. The van der Waals surface area contributed by atoms with E-state index in [1.807, 2.05) is 13.8 Å². The highest BCUT2D eigenvalue weighted by Gasteiger charge is 2.21. The molecule has 0 bridgehead atoms. The van der Waals surface area contributed by atoms with E-state index in [1.54, 1.807) is 11.0 Å². The minimum Gasteiger partial charge on any atom is -0.469 e. The summed E-state index contributed by atoms with van der Waals surface area (Å²) in [5.41, 5.74) is 0. The molecule has 0 heterocycles. The van der Waals surface area contributed by atoms with Gasteiger partial charge in [-0.15, -0.1) is 6.58 Å². The summed E-state index contributed by atoms with van der Waals surface area (Å²) in [6.45, 7) is 8.50. The van der Waals surface area contributed by atoms with Crippen LogP contribution in [0.4, 0.5) is 0 Å². The molecule has 0 aromatic rings. The third-order valence-corrected chi connectivity index (χ3v) is 2.81. The lowest BCUT2D eigenvalue weighted by atomic mass is 10.0. The maximum Gasteiger partial charge on any atom is 0.307 e. The molecule has 0 rings (SSSR count). The Morgan fingerprint density at radius 2 is 1.94 bits per heavy atom. The highest BCUT2D eigenvalue weighted by atomic mass is 16.5. The van der Waals surface area contributed by atoms with Crippen molar-refractivity contribution in [3.05, 3.63) is 12.7 Å². The Balaban J connectivity index is 4.44. The second-order valence-corrected chi connectivity index (χ2v) is 3.91. The lowest BCUT2D eigenvalue weighted by molar-refractivity contribution is -0.142. The van der Waals surface area contributed by atoms with E-state index in [4.69, 9.17) is 0 Å². The van der Waals surface area contributed by atoms with Crippen molar-refractivity contribution < 1.29 is 14.3 Å². The molecule has 0 unspecified atom stereocenters. The molecule has 17 heavy (non-hydrogen) atoms. The van der Waals surface area contributed by atoms with E-state index in [0.717, 1.165) is 12.8 Å². The van der Waals surface area contributed by atoms with Gasteiger partial charge < -0.3 is 9.64 Å². The first-order valence-electron chi connectivity index (χ1n) is 6.07. The molecule has 0 N–H and O–H groups in total. The second-order valence-electron chi connectivity index (χ2n) is 3.91. The molecule has 0 saturated heterocycles. The number of carbonyl (C=O) groups is 2. The van der Waals surface area contributed by atoms with Crippen LogP contribution < -0.4 is 0 Å². The molecule has 0 aromatic carbocycles. The first-order chi connectivity index (χ1) is 8.10. The molecule has 0 fully saturated rings. The molecule has 0 saturated carbocycles. The summed E-state index contributed by atoms with van der Waals surface area (Å²) in [6, 6.07) is 0. The SMILES string of the molecule is C=CCN(CCC(=O)OC)C(=O)C(CC)CC. The van der Waals surface area contributed by atoms with Crippen molar-refractivity contribution in [2.45, 2.75) is 33.1 Å². The standard InChI is InChI=1S/C13H23NO3/c1-5-9-14(10-8-12(15)17-4)13(16)11(6-2)7-3/h5,11H,1,6-10H2,2-4H3. The fraction of sp³-hybridized carbons (Fsp3) is 0.692. The van der Waals surface area contributed by atoms with Crippen LogP contribution in [0.15, 0.2) is 12.7 Å². The second kappa shape index (κ2) is 8.79. The van der Waals surface area contributed by atoms with Crippen molar-refractivity contribution in [2.24, 2.45) is 5.92 Å². The predicted molar refractivity (Wildman–Crippen MR) is 67.5 cm³/mol. The molecule has 0 aliphatic rings. The summed E-state index contributed by atoms with van der Waals surface area (Å²) in [7, 11) is 1.35. The molecule has 0 aliphatic carbocycles. The molecule has 0 aromatic heterocycles. The van der Waals surface area contributed by atoms with Gasteiger partial charge in [-0.1, -0.05) is 19.9 Å². The number of hydrogen-bond donors (Lipinski definition) is 0. The van der Waals surface area contributed by atoms with Crippen molar-refractivity contribution in [1.82, 2.24) is 4.90 Å². The molecule has 0 aliphatic heterocycles. The van der Waals surface area contributed by atoms with Crippen LogP contribution in [0.25, 0.3) is 0 Å². The largest absolute Gasteiger partial charge is 0.469 e. The average Bonchev–Trinajstić information content (AvgIpc) is 2.35. The average molecular weight is 241 g/mol. The van der Waals surface area contributed by atoms with Gasteiger partial charge in [0.25, 0.3) is 0 Å². The number of hydrogen-bond acceptors (Lipinski definition) is 3. The molecule has 4 nitrogen and oxygen atoms in total. The summed E-state index contributed by atoms with van der Waals surface area (Å²) in [6.07, 6.45) is 3.55. The number of ether oxygens (including phenoxy) is 1. The summed E-state index contributed by atoms with van der Waals surface area (Å²) in [5, 5.41) is 0. The van der Waals surface area contributed by atoms with E-state index in [1.165, 1.54) is 7.11 Å². The molecule has 0 spiro atoms. The maximum absolute atomic E-state index is 12.1. The van der Waals surface area contributed by atoms with Crippen LogP contribution in [0.3, 0.4) is 0 Å². The Kier molecular flexibility index (Phi) is 8.11. The van der Waals surface area contributed by atoms with Crippen molar-refractivity contribution >= 4 is 11.9 Å². The Hall–Kier alpha value is -1.32. The van der Waals surface area contributed by atoms with Gasteiger partial charge in [0, 0.05) is 19.0 Å². The van der Waals surface area contributed by atoms with Crippen molar-refractivity contribution in [2.75, 3.05) is 20.2 Å². The quantitative estimate of drug-likeness (QED) is 0.482. The van der Waals surface area contributed by atoms with Crippen molar-refractivity contribution in [3.8, 4) is 0 Å². The monoisotopic (exact) mass is 241 g/mol. The first kappa shape index (κ1) is 15.7. The summed E-state index contributed by atoms with van der Waals surface area (Å²) >= 11 is 0. The number of amides is 1. The zero-order valence-electron chi connectivity index (χ0n) is 11.1. The summed E-state index contributed by atoms with van der Waals surface area (Å²) < 4.78 is 4.57. The predicted octanol–water partition coefficient (Wildman–Crippen LogP) is 2.00. The highest BCUT2D eigenvalue weighted by Crippen LogP contribution is 2.12. The Morgan fingerprint density at radius 1 is 1.35 bits per heavy atom. The molecule has 1 amide bonds. The lowest BCUT2D eigenvalue weighted by Crippen LogP contribution is -2.37. The van der Waals surface area contributed by atoms with Crippen molar-refractivity contribution in [3.63, 3.8) is 0 Å². The van der Waals surface area contributed by atoms with Gasteiger partial charge in [-0.3, -0.25) is 9.59 Å². The number of nitrogens with zero attached hydrogens (tertiary/aromatic N) is 1. The maximum atomic E-state index is 12.1. The number of rotatable bonds is 8. The van der Waals surface area contributed by atoms with E-state index in [9.17, 15) is 9.59 Å². The lowest BCUT2D eigenvalue weighted by Gasteiger charge is -2.25. The van der Waals surface area contributed by atoms with E-state index < -0.39 is 0 Å². The normalized spacial score (nSPS) is 10.1. The van der Waals surface area contributed by atoms with Gasteiger partial charge >= 0.3 is 5.97 Å². The number of methoxy groups -OCH3 is 1. The van der Waals surface area contributed by atoms with Gasteiger partial charge in [-0.25, -0.2) is 0 Å². The zero-order chi connectivity index (χ0) is 13.3. The molecular weight excluding hydrogens is 218 g/mol. The van der Waals surface area contributed by atoms with Crippen LogP contribution in [0.1, 0.15) is 33.1 Å². The third kappa shape index (κ3) is 5.52. The van der Waals surface area contributed by atoms with E-state index >= 15 is 0 Å². The Morgan fingerprint density at radius 3 is 2.35 bits per heavy atom. The van der Waals surface area contributed by atoms with Crippen molar-refractivity contribution in [1.29, 1.82) is 0 Å². The number of carbonyl (C=O) groups excluding carboxylic acids is 2. The topological polar surface area (TPSA) is 46.6 Å².